The standard InChI is InChI=1S/C8H8ClN5O3/c9-3-1-2(7(15)14-12)4(8(16)17)5(13-3)6(10)11/h1H,12H2,(H3,10,11)(H,14,15)(H,16,17). The van der Waals surface area contributed by atoms with Crippen LogP contribution in [0.5, 0.6) is 0 Å². The molecular formula is C8H8ClN5O3. The summed E-state index contributed by atoms with van der Waals surface area (Å²) in [6.45, 7) is 0. The van der Waals surface area contributed by atoms with Gasteiger partial charge in [0, 0.05) is 0 Å². The van der Waals surface area contributed by atoms with Gasteiger partial charge in [-0.05, 0) is 6.07 Å². The molecule has 8 nitrogen and oxygen atoms in total. The van der Waals surface area contributed by atoms with Gasteiger partial charge < -0.3 is 10.8 Å². The first-order valence-corrected chi connectivity index (χ1v) is 4.55. The summed E-state index contributed by atoms with van der Waals surface area (Å²) < 4.78 is 0. The molecule has 0 spiro atoms. The van der Waals surface area contributed by atoms with Crippen molar-refractivity contribution in [2.75, 3.05) is 0 Å². The number of hydrazine groups is 1. The number of hydrogen-bond donors (Lipinski definition) is 5. The molecule has 0 unspecified atom stereocenters. The molecule has 9 heteroatoms. The fourth-order valence-electron chi connectivity index (χ4n) is 1.18. The summed E-state index contributed by atoms with van der Waals surface area (Å²) in [5, 5.41) is 16.0. The second-order valence-corrected chi connectivity index (χ2v) is 3.30. The van der Waals surface area contributed by atoms with E-state index in [1.54, 1.807) is 5.43 Å². The zero-order valence-corrected chi connectivity index (χ0v) is 9.08. The van der Waals surface area contributed by atoms with Gasteiger partial charge in [0.05, 0.1) is 5.56 Å². The lowest BCUT2D eigenvalue weighted by Gasteiger charge is -2.09. The fourth-order valence-corrected chi connectivity index (χ4v) is 1.38. The third-order valence-corrected chi connectivity index (χ3v) is 2.03. The molecule has 0 aliphatic carbocycles. The number of amides is 1. The Morgan fingerprint density at radius 1 is 1.53 bits per heavy atom. The smallest absolute Gasteiger partial charge is 0.338 e. The van der Waals surface area contributed by atoms with E-state index in [0.29, 0.717) is 0 Å². The Bertz CT molecular complexity index is 516. The lowest BCUT2D eigenvalue weighted by molar-refractivity contribution is 0.0690. The molecule has 90 valence electrons. The molecule has 0 aromatic carbocycles. The van der Waals surface area contributed by atoms with Crippen molar-refractivity contribution in [3.8, 4) is 0 Å². The molecular weight excluding hydrogens is 250 g/mol. The van der Waals surface area contributed by atoms with Gasteiger partial charge in [-0.15, -0.1) is 0 Å². The molecule has 1 heterocycles. The monoisotopic (exact) mass is 257 g/mol. The average molecular weight is 258 g/mol. The minimum absolute atomic E-state index is 0.168. The van der Waals surface area contributed by atoms with Crippen LogP contribution >= 0.6 is 11.6 Å². The van der Waals surface area contributed by atoms with Gasteiger partial charge in [0.25, 0.3) is 5.91 Å². The van der Waals surface area contributed by atoms with Crippen LogP contribution in [0.4, 0.5) is 0 Å². The third kappa shape index (κ3) is 2.49. The molecule has 1 aromatic rings. The van der Waals surface area contributed by atoms with E-state index >= 15 is 0 Å². The molecule has 0 saturated carbocycles. The molecule has 0 atom stereocenters. The van der Waals surface area contributed by atoms with Crippen LogP contribution in [0.15, 0.2) is 6.07 Å². The van der Waals surface area contributed by atoms with Crippen molar-refractivity contribution < 1.29 is 14.7 Å². The molecule has 1 amide bonds. The van der Waals surface area contributed by atoms with Gasteiger partial charge in [0.2, 0.25) is 0 Å². The number of nitrogens with one attached hydrogen (secondary N) is 2. The van der Waals surface area contributed by atoms with Crippen molar-refractivity contribution >= 4 is 29.3 Å². The molecule has 0 bridgehead atoms. The van der Waals surface area contributed by atoms with Gasteiger partial charge in [0.15, 0.2) is 0 Å². The summed E-state index contributed by atoms with van der Waals surface area (Å²) in [5.41, 5.74) is 5.71. The van der Waals surface area contributed by atoms with Crippen LogP contribution in [0, 0.1) is 5.41 Å². The molecule has 0 saturated heterocycles. The number of carbonyl (C=O) groups excluding carboxylic acids is 1. The van der Waals surface area contributed by atoms with Crippen LogP contribution in [0.25, 0.3) is 0 Å². The molecule has 0 fully saturated rings. The van der Waals surface area contributed by atoms with E-state index in [1.165, 1.54) is 0 Å². The highest BCUT2D eigenvalue weighted by molar-refractivity contribution is 6.30. The van der Waals surface area contributed by atoms with Crippen molar-refractivity contribution in [1.29, 1.82) is 5.41 Å². The topological polar surface area (TPSA) is 155 Å². The van der Waals surface area contributed by atoms with Crippen molar-refractivity contribution in [3.63, 3.8) is 0 Å². The van der Waals surface area contributed by atoms with Crippen LogP contribution in [-0.4, -0.2) is 27.8 Å². The zero-order valence-electron chi connectivity index (χ0n) is 8.32. The minimum Gasteiger partial charge on any atom is -0.478 e. The summed E-state index contributed by atoms with van der Waals surface area (Å²) in [6, 6.07) is 1.03. The number of nitrogens with zero attached hydrogens (tertiary/aromatic N) is 1. The number of aromatic carboxylic acids is 1. The maximum absolute atomic E-state index is 11.4. The highest BCUT2D eigenvalue weighted by Crippen LogP contribution is 2.17. The number of aromatic nitrogens is 1. The van der Waals surface area contributed by atoms with E-state index in [4.69, 9.17) is 33.7 Å². The molecule has 7 N–H and O–H groups in total. The van der Waals surface area contributed by atoms with Crippen molar-refractivity contribution in [2.24, 2.45) is 11.6 Å². The lowest BCUT2D eigenvalue weighted by Crippen LogP contribution is -2.32. The summed E-state index contributed by atoms with van der Waals surface area (Å²) in [7, 11) is 0. The maximum Gasteiger partial charge on any atom is 0.338 e. The van der Waals surface area contributed by atoms with Gasteiger partial charge in [0.1, 0.15) is 22.2 Å². The Morgan fingerprint density at radius 2 is 2.12 bits per heavy atom. The van der Waals surface area contributed by atoms with E-state index in [0.717, 1.165) is 6.07 Å². The van der Waals surface area contributed by atoms with Gasteiger partial charge in [-0.3, -0.25) is 15.6 Å². The van der Waals surface area contributed by atoms with E-state index in [-0.39, 0.29) is 16.4 Å². The average Bonchev–Trinajstić information content (AvgIpc) is 2.26. The van der Waals surface area contributed by atoms with Crippen LogP contribution in [0.3, 0.4) is 0 Å². The van der Waals surface area contributed by atoms with Gasteiger partial charge >= 0.3 is 5.97 Å². The highest BCUT2D eigenvalue weighted by atomic mass is 35.5. The Kier molecular flexibility index (Phi) is 3.61. The zero-order chi connectivity index (χ0) is 13.2. The minimum atomic E-state index is -1.46. The number of nitrogen functional groups attached to an aromatic ring is 2. The predicted octanol–water partition coefficient (Wildman–Crippen LogP) is -0.679. The highest BCUT2D eigenvalue weighted by Gasteiger charge is 2.24. The number of amidine groups is 1. The summed E-state index contributed by atoms with van der Waals surface area (Å²) in [4.78, 5) is 26.0. The number of rotatable bonds is 3. The van der Waals surface area contributed by atoms with Crippen molar-refractivity contribution in [2.45, 2.75) is 0 Å². The fraction of sp³-hybridized carbons (Fsp3) is 0. The Hall–Kier alpha value is -2.19. The first-order valence-electron chi connectivity index (χ1n) is 4.17. The number of pyridine rings is 1. The van der Waals surface area contributed by atoms with Crippen LogP contribution in [-0.2, 0) is 0 Å². The number of carbonyl (C=O) groups is 2. The normalized spacial score (nSPS) is 9.76. The Labute approximate surface area is 100 Å². The molecule has 0 aliphatic rings. The molecule has 0 radical (unpaired) electrons. The molecule has 17 heavy (non-hydrogen) atoms. The van der Waals surface area contributed by atoms with E-state index < -0.39 is 23.3 Å². The predicted molar refractivity (Wildman–Crippen MR) is 58.9 cm³/mol. The SMILES string of the molecule is N=C(N)c1nc(Cl)cc(C(=O)NN)c1C(=O)O. The van der Waals surface area contributed by atoms with Crippen molar-refractivity contribution in [1.82, 2.24) is 10.4 Å². The van der Waals surface area contributed by atoms with E-state index in [1.807, 2.05) is 0 Å². The molecule has 0 aliphatic heterocycles. The first kappa shape index (κ1) is 12.9. The Balaban J connectivity index is 3.63. The van der Waals surface area contributed by atoms with E-state index in [9.17, 15) is 9.59 Å². The second-order valence-electron chi connectivity index (χ2n) is 2.91. The lowest BCUT2D eigenvalue weighted by atomic mass is 10.1. The Morgan fingerprint density at radius 3 is 2.53 bits per heavy atom. The summed E-state index contributed by atoms with van der Waals surface area (Å²) in [6.07, 6.45) is 0. The maximum atomic E-state index is 11.4. The van der Waals surface area contributed by atoms with Gasteiger partial charge in [-0.2, -0.15) is 0 Å². The number of halogens is 1. The van der Waals surface area contributed by atoms with Crippen LogP contribution in [0.1, 0.15) is 26.4 Å². The largest absolute Gasteiger partial charge is 0.478 e. The third-order valence-electron chi connectivity index (χ3n) is 1.83. The number of carboxylic acids is 1. The number of nitrogens with two attached hydrogens (primary N) is 2. The van der Waals surface area contributed by atoms with Gasteiger partial charge in [-0.25, -0.2) is 15.6 Å². The van der Waals surface area contributed by atoms with E-state index in [2.05, 4.69) is 4.98 Å². The van der Waals surface area contributed by atoms with Crippen LogP contribution in [0.2, 0.25) is 5.15 Å². The molecule has 1 rings (SSSR count). The first-order chi connectivity index (χ1) is 7.88. The number of carboxylic acid groups (broad SMARTS) is 1. The summed E-state index contributed by atoms with van der Waals surface area (Å²) in [5.74, 6) is 1.97. The van der Waals surface area contributed by atoms with Crippen molar-refractivity contribution in [3.05, 3.63) is 28.0 Å². The van der Waals surface area contributed by atoms with Gasteiger partial charge in [-0.1, -0.05) is 11.6 Å². The van der Waals surface area contributed by atoms with Crippen LogP contribution < -0.4 is 17.0 Å². The summed E-state index contributed by atoms with van der Waals surface area (Å²) >= 11 is 5.59. The number of hydrogen-bond acceptors (Lipinski definition) is 5. The second kappa shape index (κ2) is 4.76. The molecule has 1 aromatic heterocycles. The quantitative estimate of drug-likeness (QED) is 0.121.